The highest BCUT2D eigenvalue weighted by Crippen LogP contribution is 2.29. The van der Waals surface area contributed by atoms with Gasteiger partial charge in [0.2, 0.25) is 5.91 Å². The van der Waals surface area contributed by atoms with Crippen LogP contribution in [0.4, 0.5) is 15.2 Å². The van der Waals surface area contributed by atoms with Gasteiger partial charge in [0.15, 0.2) is 6.61 Å². The van der Waals surface area contributed by atoms with Gasteiger partial charge in [0, 0.05) is 11.5 Å². The number of carbonyl (C=O) groups excluding carboxylic acids is 3. The fourth-order valence-electron chi connectivity index (χ4n) is 2.79. The number of ether oxygens (including phenoxy) is 1. The van der Waals surface area contributed by atoms with E-state index < -0.39 is 23.9 Å². The summed E-state index contributed by atoms with van der Waals surface area (Å²) >= 11 is 1.09. The van der Waals surface area contributed by atoms with Crippen LogP contribution >= 0.6 is 11.3 Å². The maximum Gasteiger partial charge on any atom is 0.349 e. The van der Waals surface area contributed by atoms with Crippen LogP contribution in [0.15, 0.2) is 36.4 Å². The molecule has 10 heteroatoms. The number of hydrogen-bond acceptors (Lipinski definition) is 6. The zero-order chi connectivity index (χ0) is 24.3. The third-order valence-corrected chi connectivity index (χ3v) is 5.66. The van der Waals surface area contributed by atoms with E-state index >= 15 is 0 Å². The molecule has 3 aromatic rings. The van der Waals surface area contributed by atoms with Crippen molar-refractivity contribution < 1.29 is 23.5 Å². The van der Waals surface area contributed by atoms with Crippen LogP contribution in [-0.4, -0.2) is 34.2 Å². The first-order chi connectivity index (χ1) is 15.4. The van der Waals surface area contributed by atoms with E-state index in [1.165, 1.54) is 28.9 Å². The van der Waals surface area contributed by atoms with E-state index in [4.69, 9.17) is 4.74 Å². The van der Waals surface area contributed by atoms with Crippen LogP contribution in [-0.2, 0) is 14.3 Å². The van der Waals surface area contributed by atoms with Crippen molar-refractivity contribution in [2.24, 2.45) is 5.41 Å². The highest BCUT2D eigenvalue weighted by atomic mass is 32.1. The number of nitrogens with one attached hydrogen (secondary N) is 2. The Labute approximate surface area is 194 Å². The normalized spacial score (nSPS) is 11.2. The molecule has 0 aliphatic rings. The van der Waals surface area contributed by atoms with Crippen molar-refractivity contribution in [2.45, 2.75) is 34.6 Å². The molecule has 0 saturated heterocycles. The molecule has 0 aliphatic carbocycles. The summed E-state index contributed by atoms with van der Waals surface area (Å²) in [6.07, 6.45) is 0. The van der Waals surface area contributed by atoms with E-state index in [9.17, 15) is 18.8 Å². The molecule has 8 nitrogen and oxygen atoms in total. The Morgan fingerprint density at radius 3 is 2.39 bits per heavy atom. The number of aryl methyl sites for hydroxylation is 2. The predicted octanol–water partition coefficient (Wildman–Crippen LogP) is 4.47. The van der Waals surface area contributed by atoms with Crippen molar-refractivity contribution in [1.29, 1.82) is 0 Å². The van der Waals surface area contributed by atoms with Gasteiger partial charge in [-0.2, -0.15) is 5.10 Å². The Bertz CT molecular complexity index is 1190. The number of thiophene rings is 1. The number of halogens is 1. The minimum absolute atomic E-state index is 0.170. The fourth-order valence-corrected chi connectivity index (χ4v) is 3.75. The first-order valence-electron chi connectivity index (χ1n) is 10.2. The molecule has 0 spiro atoms. The molecule has 2 N–H and O–H groups in total. The number of carbonyl (C=O) groups is 3. The van der Waals surface area contributed by atoms with Gasteiger partial charge in [0.25, 0.3) is 5.91 Å². The van der Waals surface area contributed by atoms with Gasteiger partial charge in [0.1, 0.15) is 16.5 Å². The summed E-state index contributed by atoms with van der Waals surface area (Å²) in [5.74, 6) is -1.41. The number of benzene rings is 1. The minimum atomic E-state index is -0.660. The van der Waals surface area contributed by atoms with Crippen molar-refractivity contribution in [2.75, 3.05) is 17.2 Å². The molecule has 3 rings (SSSR count). The topological polar surface area (TPSA) is 102 Å². The molecule has 2 amide bonds. The van der Waals surface area contributed by atoms with Crippen molar-refractivity contribution >= 4 is 39.9 Å². The third-order valence-electron chi connectivity index (χ3n) is 4.53. The second kappa shape index (κ2) is 9.53. The molecule has 174 valence electrons. The molecule has 0 bridgehead atoms. The molecule has 0 fully saturated rings. The van der Waals surface area contributed by atoms with Gasteiger partial charge in [-0.1, -0.05) is 20.8 Å². The Balaban J connectivity index is 1.63. The quantitative estimate of drug-likeness (QED) is 0.516. The van der Waals surface area contributed by atoms with Crippen molar-refractivity contribution in [3.8, 4) is 5.69 Å². The first-order valence-corrected chi connectivity index (χ1v) is 11.0. The second-order valence-corrected chi connectivity index (χ2v) is 9.56. The Morgan fingerprint density at radius 1 is 1.09 bits per heavy atom. The van der Waals surface area contributed by atoms with Crippen LogP contribution in [0.1, 0.15) is 41.7 Å². The molecule has 0 aliphatic heterocycles. The zero-order valence-corrected chi connectivity index (χ0v) is 19.8. The summed E-state index contributed by atoms with van der Waals surface area (Å²) < 4.78 is 19.8. The Morgan fingerprint density at radius 2 is 1.76 bits per heavy atom. The summed E-state index contributed by atoms with van der Waals surface area (Å²) in [4.78, 5) is 37.4. The van der Waals surface area contributed by atoms with Gasteiger partial charge >= 0.3 is 5.97 Å². The Hall–Kier alpha value is -3.53. The lowest BCUT2D eigenvalue weighted by atomic mass is 9.96. The lowest BCUT2D eigenvalue weighted by Gasteiger charge is -2.16. The minimum Gasteiger partial charge on any atom is -0.451 e. The van der Waals surface area contributed by atoms with Crippen molar-refractivity contribution in [3.05, 3.63) is 58.3 Å². The molecular formula is C23H25FN4O4S. The monoisotopic (exact) mass is 472 g/mol. The van der Waals surface area contributed by atoms with Gasteiger partial charge in [0.05, 0.1) is 16.4 Å². The predicted molar refractivity (Wildman–Crippen MR) is 124 cm³/mol. The first kappa shape index (κ1) is 24.1. The summed E-state index contributed by atoms with van der Waals surface area (Å²) in [5, 5.41) is 10.3. The third kappa shape index (κ3) is 6.04. The van der Waals surface area contributed by atoms with Crippen LogP contribution in [0, 0.1) is 25.1 Å². The number of anilines is 2. The lowest BCUT2D eigenvalue weighted by molar-refractivity contribution is -0.123. The molecule has 1 aromatic carbocycles. The largest absolute Gasteiger partial charge is 0.451 e. The zero-order valence-electron chi connectivity index (χ0n) is 19.0. The van der Waals surface area contributed by atoms with Crippen molar-refractivity contribution in [3.63, 3.8) is 0 Å². The molecule has 2 heterocycles. The van der Waals surface area contributed by atoms with Crippen molar-refractivity contribution in [1.82, 2.24) is 9.78 Å². The Kier molecular flexibility index (Phi) is 6.97. The number of hydrogen-bond donors (Lipinski definition) is 2. The molecule has 2 aromatic heterocycles. The maximum absolute atomic E-state index is 13.2. The number of rotatable bonds is 6. The fraction of sp³-hybridized carbons (Fsp3) is 0.304. The van der Waals surface area contributed by atoms with Gasteiger partial charge in [-0.25, -0.2) is 13.9 Å². The SMILES string of the molecule is Cc1cc(NC(=O)COC(=O)c2sc(NC(=O)C(C)(C)C)cc2C)n(-c2ccc(F)cc2)n1. The summed E-state index contributed by atoms with van der Waals surface area (Å²) in [7, 11) is 0. The average molecular weight is 473 g/mol. The van der Waals surface area contributed by atoms with E-state index in [0.29, 0.717) is 32.6 Å². The highest BCUT2D eigenvalue weighted by Gasteiger charge is 2.23. The molecule has 33 heavy (non-hydrogen) atoms. The maximum atomic E-state index is 13.2. The number of aromatic nitrogens is 2. The second-order valence-electron chi connectivity index (χ2n) is 8.51. The smallest absolute Gasteiger partial charge is 0.349 e. The summed E-state index contributed by atoms with van der Waals surface area (Å²) in [6.45, 7) is 8.35. The average Bonchev–Trinajstić information content (AvgIpc) is 3.27. The van der Waals surface area contributed by atoms with Crippen LogP contribution in [0.2, 0.25) is 0 Å². The van der Waals surface area contributed by atoms with E-state index in [-0.39, 0.29) is 11.7 Å². The van der Waals surface area contributed by atoms with E-state index in [1.54, 1.807) is 46.8 Å². The molecule has 0 saturated carbocycles. The summed E-state index contributed by atoms with van der Waals surface area (Å²) in [5.41, 5.74) is 1.27. The molecule has 0 atom stereocenters. The van der Waals surface area contributed by atoms with Crippen LogP contribution in [0.25, 0.3) is 5.69 Å². The van der Waals surface area contributed by atoms with Crippen LogP contribution in [0.3, 0.4) is 0 Å². The van der Waals surface area contributed by atoms with Gasteiger partial charge < -0.3 is 15.4 Å². The van der Waals surface area contributed by atoms with Gasteiger partial charge in [-0.3, -0.25) is 9.59 Å². The van der Waals surface area contributed by atoms with Crippen LogP contribution in [0.5, 0.6) is 0 Å². The van der Waals surface area contributed by atoms with E-state index in [0.717, 1.165) is 11.3 Å². The highest BCUT2D eigenvalue weighted by molar-refractivity contribution is 7.18. The standard InChI is InChI=1S/C23H25FN4O4S/c1-13-10-19(26-22(31)23(3,4)5)33-20(13)21(30)32-12-18(29)25-17-11-14(2)27-28(17)16-8-6-15(24)7-9-16/h6-11H,12H2,1-5H3,(H,25,29)(H,26,31). The van der Waals surface area contributed by atoms with Crippen LogP contribution < -0.4 is 10.6 Å². The number of nitrogens with zero attached hydrogens (tertiary/aromatic N) is 2. The van der Waals surface area contributed by atoms with Gasteiger partial charge in [-0.05, 0) is 49.7 Å². The summed E-state index contributed by atoms with van der Waals surface area (Å²) in [6, 6.07) is 8.99. The van der Waals surface area contributed by atoms with E-state index in [2.05, 4.69) is 15.7 Å². The van der Waals surface area contributed by atoms with Gasteiger partial charge in [-0.15, -0.1) is 11.3 Å². The number of amides is 2. The number of esters is 1. The lowest BCUT2D eigenvalue weighted by Crippen LogP contribution is -2.27. The van der Waals surface area contributed by atoms with E-state index in [1.807, 2.05) is 0 Å². The molecular weight excluding hydrogens is 447 g/mol. The molecule has 0 unspecified atom stereocenters. The molecule has 0 radical (unpaired) electrons.